The molecule has 5 rings (SSSR count). The third kappa shape index (κ3) is 3.10. The van der Waals surface area contributed by atoms with Gasteiger partial charge in [0.25, 0.3) is 5.91 Å². The van der Waals surface area contributed by atoms with Crippen molar-refractivity contribution in [1.82, 2.24) is 9.80 Å². The van der Waals surface area contributed by atoms with Crippen molar-refractivity contribution in [3.63, 3.8) is 0 Å². The Labute approximate surface area is 182 Å². The van der Waals surface area contributed by atoms with Crippen molar-refractivity contribution < 1.29 is 19.4 Å². The number of benzene rings is 1. The molecule has 7 heteroatoms. The fourth-order valence-electron chi connectivity index (χ4n) is 5.14. The maximum atomic E-state index is 13.3. The highest BCUT2D eigenvalue weighted by molar-refractivity contribution is 5.94. The SMILES string of the molecule is COc1ccc2c3c1OC1C[C@@H](O)C=CC31CCN(C(=O)C1=CN(C)C=CC1)C2.Cl. The van der Waals surface area contributed by atoms with Crippen LogP contribution in [-0.2, 0) is 16.8 Å². The van der Waals surface area contributed by atoms with Crippen LogP contribution in [0.5, 0.6) is 11.5 Å². The standard InChI is InChI=1S/C23H26N2O4.ClH/c1-24-10-3-4-16(13-24)22(27)25-11-9-23-8-7-17(26)12-19(23)29-21-18(28-2)6-5-15(14-25)20(21)23;/h3,5-8,10,13,17,19,26H,4,9,11-12,14H2,1-2H3;1H/t17-,19?,23?;/m0./s1. The quantitative estimate of drug-likeness (QED) is 0.731. The Balaban J connectivity index is 0.00000218. The van der Waals surface area contributed by atoms with Crippen LogP contribution in [0.4, 0.5) is 0 Å². The first kappa shape index (κ1) is 20.8. The van der Waals surface area contributed by atoms with Crippen LogP contribution >= 0.6 is 12.4 Å². The number of carbonyl (C=O) groups is 1. The summed E-state index contributed by atoms with van der Waals surface area (Å²) in [6, 6.07) is 3.97. The summed E-state index contributed by atoms with van der Waals surface area (Å²) >= 11 is 0. The van der Waals surface area contributed by atoms with Gasteiger partial charge in [0.1, 0.15) is 6.10 Å². The van der Waals surface area contributed by atoms with Gasteiger partial charge in [-0.15, -0.1) is 12.4 Å². The van der Waals surface area contributed by atoms with Crippen molar-refractivity contribution in [2.45, 2.75) is 43.4 Å². The average Bonchev–Trinajstić information content (AvgIpc) is 2.95. The Morgan fingerprint density at radius 1 is 1.37 bits per heavy atom. The third-order valence-corrected chi connectivity index (χ3v) is 6.56. The number of allylic oxidation sites excluding steroid dienone is 1. The van der Waals surface area contributed by atoms with E-state index in [0.29, 0.717) is 31.7 Å². The average molecular weight is 431 g/mol. The van der Waals surface area contributed by atoms with E-state index in [0.717, 1.165) is 28.9 Å². The van der Waals surface area contributed by atoms with E-state index in [1.54, 1.807) is 7.11 Å². The van der Waals surface area contributed by atoms with Crippen molar-refractivity contribution >= 4 is 18.3 Å². The van der Waals surface area contributed by atoms with Crippen LogP contribution < -0.4 is 9.47 Å². The van der Waals surface area contributed by atoms with Gasteiger partial charge in [-0.3, -0.25) is 4.79 Å². The van der Waals surface area contributed by atoms with Crippen molar-refractivity contribution in [1.29, 1.82) is 0 Å². The van der Waals surface area contributed by atoms with Gasteiger partial charge in [-0.2, -0.15) is 0 Å². The smallest absolute Gasteiger partial charge is 0.251 e. The fourth-order valence-corrected chi connectivity index (χ4v) is 5.14. The Kier molecular flexibility index (Phi) is 5.32. The highest BCUT2D eigenvalue weighted by Crippen LogP contribution is 2.55. The minimum Gasteiger partial charge on any atom is -0.493 e. The van der Waals surface area contributed by atoms with Crippen molar-refractivity contribution in [2.24, 2.45) is 0 Å². The highest BCUT2D eigenvalue weighted by Gasteiger charge is 2.53. The number of nitrogens with zero attached hydrogens (tertiary/aromatic N) is 2. The van der Waals surface area contributed by atoms with Crippen molar-refractivity contribution in [3.8, 4) is 11.5 Å². The molecule has 1 aromatic rings. The molecular formula is C23H27ClN2O4. The van der Waals surface area contributed by atoms with Gasteiger partial charge in [0.15, 0.2) is 11.5 Å². The molecule has 0 saturated heterocycles. The molecule has 4 aliphatic rings. The van der Waals surface area contributed by atoms with E-state index in [1.807, 2.05) is 47.5 Å². The van der Waals surface area contributed by atoms with E-state index < -0.39 is 6.10 Å². The second-order valence-electron chi connectivity index (χ2n) is 8.33. The Bertz CT molecular complexity index is 957. The van der Waals surface area contributed by atoms with Gasteiger partial charge in [-0.1, -0.05) is 24.3 Å². The molecule has 3 atom stereocenters. The predicted octanol–water partition coefficient (Wildman–Crippen LogP) is 2.90. The molecule has 3 heterocycles. The number of hydrogen-bond acceptors (Lipinski definition) is 5. The van der Waals surface area contributed by atoms with E-state index in [1.165, 1.54) is 0 Å². The van der Waals surface area contributed by atoms with E-state index >= 15 is 0 Å². The fraction of sp³-hybridized carbons (Fsp3) is 0.435. The molecule has 0 saturated carbocycles. The van der Waals surface area contributed by atoms with E-state index in [2.05, 4.69) is 12.1 Å². The molecule has 1 aliphatic carbocycles. The second kappa shape index (κ2) is 7.67. The molecule has 160 valence electrons. The van der Waals surface area contributed by atoms with Gasteiger partial charge < -0.3 is 24.4 Å². The molecule has 3 aliphatic heterocycles. The normalized spacial score (nSPS) is 28.6. The zero-order chi connectivity index (χ0) is 20.2. The third-order valence-electron chi connectivity index (χ3n) is 6.56. The minimum absolute atomic E-state index is 0. The van der Waals surface area contributed by atoms with Gasteiger partial charge in [0.2, 0.25) is 0 Å². The molecule has 0 bridgehead atoms. The number of halogens is 1. The number of hydrogen-bond donors (Lipinski definition) is 1. The van der Waals surface area contributed by atoms with Crippen LogP contribution in [0, 0.1) is 0 Å². The van der Waals surface area contributed by atoms with Gasteiger partial charge in [-0.05, 0) is 30.7 Å². The number of aliphatic hydroxyl groups is 1. The summed E-state index contributed by atoms with van der Waals surface area (Å²) in [5, 5.41) is 10.2. The first-order valence-corrected chi connectivity index (χ1v) is 10.1. The van der Waals surface area contributed by atoms with Crippen LogP contribution in [0.3, 0.4) is 0 Å². The van der Waals surface area contributed by atoms with E-state index in [9.17, 15) is 9.90 Å². The molecule has 0 fully saturated rings. The molecule has 1 amide bonds. The summed E-state index contributed by atoms with van der Waals surface area (Å²) in [6.45, 7) is 1.19. The van der Waals surface area contributed by atoms with Crippen molar-refractivity contribution in [2.75, 3.05) is 20.7 Å². The van der Waals surface area contributed by atoms with Gasteiger partial charge in [-0.25, -0.2) is 0 Å². The second-order valence-corrected chi connectivity index (χ2v) is 8.33. The lowest BCUT2D eigenvalue weighted by atomic mass is 9.69. The number of amides is 1. The van der Waals surface area contributed by atoms with Crippen LogP contribution in [0.2, 0.25) is 0 Å². The molecule has 1 aromatic carbocycles. The summed E-state index contributed by atoms with van der Waals surface area (Å²) < 4.78 is 11.9. The first-order chi connectivity index (χ1) is 14.0. The van der Waals surface area contributed by atoms with Crippen LogP contribution in [0.25, 0.3) is 0 Å². The Morgan fingerprint density at radius 2 is 2.20 bits per heavy atom. The molecule has 1 N–H and O–H groups in total. The molecule has 6 nitrogen and oxygen atoms in total. The Morgan fingerprint density at radius 3 is 2.97 bits per heavy atom. The van der Waals surface area contributed by atoms with Crippen LogP contribution in [0.15, 0.2) is 48.3 Å². The van der Waals surface area contributed by atoms with Gasteiger partial charge in [0.05, 0.1) is 18.6 Å². The summed E-state index contributed by atoms with van der Waals surface area (Å²) in [7, 11) is 3.58. The molecule has 2 unspecified atom stereocenters. The van der Waals surface area contributed by atoms with Crippen LogP contribution in [-0.4, -0.2) is 53.7 Å². The largest absolute Gasteiger partial charge is 0.493 e. The molecular weight excluding hydrogens is 404 g/mol. The van der Waals surface area contributed by atoms with Gasteiger partial charge in [0, 0.05) is 43.9 Å². The van der Waals surface area contributed by atoms with Crippen molar-refractivity contribution in [3.05, 3.63) is 59.5 Å². The zero-order valence-electron chi connectivity index (χ0n) is 17.2. The zero-order valence-corrected chi connectivity index (χ0v) is 18.0. The monoisotopic (exact) mass is 430 g/mol. The number of aliphatic hydroxyl groups excluding tert-OH is 1. The number of ether oxygens (including phenoxy) is 2. The van der Waals surface area contributed by atoms with Gasteiger partial charge >= 0.3 is 0 Å². The summed E-state index contributed by atoms with van der Waals surface area (Å²) in [4.78, 5) is 17.2. The first-order valence-electron chi connectivity index (χ1n) is 10.1. The predicted molar refractivity (Wildman–Crippen MR) is 116 cm³/mol. The maximum absolute atomic E-state index is 13.3. The molecule has 0 aromatic heterocycles. The van der Waals surface area contributed by atoms with Crippen LogP contribution in [0.1, 0.15) is 30.4 Å². The maximum Gasteiger partial charge on any atom is 0.251 e. The number of methoxy groups -OCH3 is 1. The van der Waals surface area contributed by atoms with E-state index in [-0.39, 0.29) is 29.8 Å². The number of carbonyl (C=O) groups excluding carboxylic acids is 1. The highest BCUT2D eigenvalue weighted by atomic mass is 35.5. The lowest BCUT2D eigenvalue weighted by Gasteiger charge is -2.36. The summed E-state index contributed by atoms with van der Waals surface area (Å²) in [6.07, 6.45) is 11.2. The lowest BCUT2D eigenvalue weighted by Crippen LogP contribution is -2.43. The Hall–Kier alpha value is -2.44. The molecule has 1 spiro atoms. The molecule has 0 radical (unpaired) electrons. The number of rotatable bonds is 2. The molecule has 30 heavy (non-hydrogen) atoms. The summed E-state index contributed by atoms with van der Waals surface area (Å²) in [5.41, 5.74) is 2.69. The summed E-state index contributed by atoms with van der Waals surface area (Å²) in [5.74, 6) is 1.56. The minimum atomic E-state index is -0.509. The van der Waals surface area contributed by atoms with E-state index in [4.69, 9.17) is 9.47 Å². The lowest BCUT2D eigenvalue weighted by molar-refractivity contribution is -0.128. The topological polar surface area (TPSA) is 62.2 Å².